The molecule has 0 radical (unpaired) electrons. The molecule has 3 aromatic rings. The minimum atomic E-state index is -0.524. The maximum absolute atomic E-state index is 12.1. The molecule has 6 nitrogen and oxygen atoms in total. The lowest BCUT2D eigenvalue weighted by Gasteiger charge is -2.09. The number of amides is 1. The SMILES string of the molecule is Cc1ccc(OCC(=O)Nc2ccc3ccccc3c2)c([N+](=O)[O-])c1. The number of rotatable bonds is 5. The van der Waals surface area contributed by atoms with Crippen molar-refractivity contribution in [2.75, 3.05) is 11.9 Å². The average Bonchev–Trinajstić information content (AvgIpc) is 2.60. The summed E-state index contributed by atoms with van der Waals surface area (Å²) in [4.78, 5) is 22.6. The molecule has 0 saturated carbocycles. The Balaban J connectivity index is 1.67. The Morgan fingerprint density at radius 3 is 2.60 bits per heavy atom. The van der Waals surface area contributed by atoms with Crippen LogP contribution >= 0.6 is 0 Å². The van der Waals surface area contributed by atoms with Gasteiger partial charge in [0.05, 0.1) is 4.92 Å². The summed E-state index contributed by atoms with van der Waals surface area (Å²) in [6.45, 7) is 1.44. The molecule has 0 saturated heterocycles. The zero-order valence-corrected chi connectivity index (χ0v) is 13.6. The second-order valence-electron chi connectivity index (χ2n) is 5.63. The molecule has 126 valence electrons. The summed E-state index contributed by atoms with van der Waals surface area (Å²) < 4.78 is 5.32. The largest absolute Gasteiger partial charge is 0.477 e. The average molecular weight is 336 g/mol. The van der Waals surface area contributed by atoms with Crippen molar-refractivity contribution >= 4 is 28.1 Å². The van der Waals surface area contributed by atoms with Crippen molar-refractivity contribution in [1.82, 2.24) is 0 Å². The maximum atomic E-state index is 12.1. The van der Waals surface area contributed by atoms with E-state index >= 15 is 0 Å². The Morgan fingerprint density at radius 2 is 1.84 bits per heavy atom. The van der Waals surface area contributed by atoms with Gasteiger partial charge in [-0.25, -0.2) is 0 Å². The maximum Gasteiger partial charge on any atom is 0.311 e. The third-order valence-corrected chi connectivity index (χ3v) is 3.70. The third kappa shape index (κ3) is 3.92. The number of anilines is 1. The quantitative estimate of drug-likeness (QED) is 0.562. The number of hydrogen-bond donors (Lipinski definition) is 1. The highest BCUT2D eigenvalue weighted by Crippen LogP contribution is 2.27. The highest BCUT2D eigenvalue weighted by molar-refractivity contribution is 5.95. The van der Waals surface area contributed by atoms with Crippen LogP contribution in [0.5, 0.6) is 5.75 Å². The second-order valence-corrected chi connectivity index (χ2v) is 5.63. The molecule has 3 aromatic carbocycles. The first kappa shape index (κ1) is 16.4. The second kappa shape index (κ2) is 7.00. The fourth-order valence-corrected chi connectivity index (χ4v) is 2.50. The van der Waals surface area contributed by atoms with Crippen molar-refractivity contribution in [2.24, 2.45) is 0 Å². The van der Waals surface area contributed by atoms with Crippen LogP contribution in [0.3, 0.4) is 0 Å². The van der Waals surface area contributed by atoms with Crippen LogP contribution in [-0.2, 0) is 4.79 Å². The zero-order chi connectivity index (χ0) is 17.8. The lowest BCUT2D eigenvalue weighted by Crippen LogP contribution is -2.20. The van der Waals surface area contributed by atoms with Crippen molar-refractivity contribution in [3.05, 3.63) is 76.3 Å². The topological polar surface area (TPSA) is 81.5 Å². The summed E-state index contributed by atoms with van der Waals surface area (Å²) in [5, 5.41) is 15.9. The highest BCUT2D eigenvalue weighted by atomic mass is 16.6. The summed E-state index contributed by atoms with van der Waals surface area (Å²) in [5.41, 5.74) is 1.24. The summed E-state index contributed by atoms with van der Waals surface area (Å²) in [5.74, 6) is -0.311. The summed E-state index contributed by atoms with van der Waals surface area (Å²) in [7, 11) is 0. The van der Waals surface area contributed by atoms with Crippen molar-refractivity contribution in [1.29, 1.82) is 0 Å². The van der Waals surface area contributed by atoms with Gasteiger partial charge in [-0.2, -0.15) is 0 Å². The van der Waals surface area contributed by atoms with E-state index in [1.54, 1.807) is 19.1 Å². The Bertz CT molecular complexity index is 953. The number of fused-ring (bicyclic) bond motifs is 1. The molecule has 0 heterocycles. The van der Waals surface area contributed by atoms with Crippen LogP contribution in [-0.4, -0.2) is 17.4 Å². The monoisotopic (exact) mass is 336 g/mol. The molecule has 1 amide bonds. The van der Waals surface area contributed by atoms with Crippen molar-refractivity contribution < 1.29 is 14.5 Å². The minimum absolute atomic E-state index is 0.0734. The van der Waals surface area contributed by atoms with Gasteiger partial charge in [-0.1, -0.05) is 36.4 Å². The van der Waals surface area contributed by atoms with Crippen molar-refractivity contribution in [3.63, 3.8) is 0 Å². The van der Waals surface area contributed by atoms with E-state index in [9.17, 15) is 14.9 Å². The van der Waals surface area contributed by atoms with Crippen LogP contribution in [0.15, 0.2) is 60.7 Å². The number of carbonyl (C=O) groups is 1. The number of ether oxygens (including phenoxy) is 1. The number of carbonyl (C=O) groups excluding carboxylic acids is 1. The van der Waals surface area contributed by atoms with E-state index in [-0.39, 0.29) is 24.0 Å². The number of hydrogen-bond acceptors (Lipinski definition) is 4. The number of nitro groups is 1. The molecule has 6 heteroatoms. The Labute approximate surface area is 144 Å². The van der Waals surface area contributed by atoms with Crippen LogP contribution in [0.2, 0.25) is 0 Å². The van der Waals surface area contributed by atoms with E-state index in [4.69, 9.17) is 4.74 Å². The number of nitrogens with one attached hydrogen (secondary N) is 1. The van der Waals surface area contributed by atoms with Crippen molar-refractivity contribution in [2.45, 2.75) is 6.92 Å². The molecule has 0 aliphatic carbocycles. The Hall–Kier alpha value is -3.41. The Morgan fingerprint density at radius 1 is 1.08 bits per heavy atom. The van der Waals surface area contributed by atoms with Gasteiger partial charge in [0.15, 0.2) is 12.4 Å². The molecule has 0 aromatic heterocycles. The molecular formula is C19H16N2O4. The Kier molecular flexibility index (Phi) is 4.61. The van der Waals surface area contributed by atoms with Gasteiger partial charge in [0.1, 0.15) is 0 Å². The molecule has 0 spiro atoms. The third-order valence-electron chi connectivity index (χ3n) is 3.70. The normalized spacial score (nSPS) is 10.4. The van der Waals surface area contributed by atoms with Crippen LogP contribution in [0.25, 0.3) is 10.8 Å². The van der Waals surface area contributed by atoms with Gasteiger partial charge in [-0.15, -0.1) is 0 Å². The van der Waals surface area contributed by atoms with E-state index < -0.39 is 4.92 Å². The molecule has 0 aliphatic heterocycles. The van der Waals surface area contributed by atoms with E-state index in [1.807, 2.05) is 36.4 Å². The smallest absolute Gasteiger partial charge is 0.311 e. The first-order valence-corrected chi connectivity index (χ1v) is 7.69. The number of nitrogens with zero attached hydrogens (tertiary/aromatic N) is 1. The lowest BCUT2D eigenvalue weighted by atomic mass is 10.1. The van der Waals surface area contributed by atoms with E-state index in [0.717, 1.165) is 16.3 Å². The van der Waals surface area contributed by atoms with Gasteiger partial charge < -0.3 is 10.1 Å². The fraction of sp³-hybridized carbons (Fsp3) is 0.105. The van der Waals surface area contributed by atoms with Gasteiger partial charge >= 0.3 is 5.69 Å². The van der Waals surface area contributed by atoms with Gasteiger partial charge in [0.2, 0.25) is 0 Å². The van der Waals surface area contributed by atoms with Crippen LogP contribution in [0.4, 0.5) is 11.4 Å². The van der Waals surface area contributed by atoms with Gasteiger partial charge in [-0.05, 0) is 41.5 Å². The molecule has 0 bridgehead atoms. The number of benzene rings is 3. The lowest BCUT2D eigenvalue weighted by molar-refractivity contribution is -0.385. The predicted molar refractivity (Wildman–Crippen MR) is 95.9 cm³/mol. The first-order valence-electron chi connectivity index (χ1n) is 7.69. The van der Waals surface area contributed by atoms with Crippen molar-refractivity contribution in [3.8, 4) is 5.75 Å². The number of nitro benzene ring substituents is 1. The van der Waals surface area contributed by atoms with Gasteiger partial charge in [0.25, 0.3) is 5.91 Å². The van der Waals surface area contributed by atoms with Crippen LogP contribution in [0.1, 0.15) is 5.56 Å². The first-order chi connectivity index (χ1) is 12.0. The van der Waals surface area contributed by atoms with E-state index in [2.05, 4.69) is 5.32 Å². The molecule has 25 heavy (non-hydrogen) atoms. The van der Waals surface area contributed by atoms with Crippen LogP contribution in [0, 0.1) is 17.0 Å². The molecular weight excluding hydrogens is 320 g/mol. The highest BCUT2D eigenvalue weighted by Gasteiger charge is 2.16. The summed E-state index contributed by atoms with van der Waals surface area (Å²) in [6.07, 6.45) is 0. The summed E-state index contributed by atoms with van der Waals surface area (Å²) >= 11 is 0. The standard InChI is InChI=1S/C19H16N2O4/c1-13-6-9-18(17(10-13)21(23)24)25-12-19(22)20-16-8-7-14-4-2-3-5-15(14)11-16/h2-11H,12H2,1H3,(H,20,22). The van der Waals surface area contributed by atoms with Crippen LogP contribution < -0.4 is 10.1 Å². The minimum Gasteiger partial charge on any atom is -0.477 e. The molecule has 0 aliphatic rings. The number of aryl methyl sites for hydroxylation is 1. The van der Waals surface area contributed by atoms with E-state index in [0.29, 0.717) is 5.69 Å². The molecule has 0 atom stereocenters. The molecule has 0 fully saturated rings. The molecule has 1 N–H and O–H groups in total. The molecule has 3 rings (SSSR count). The predicted octanol–water partition coefficient (Wildman–Crippen LogP) is 4.07. The van der Waals surface area contributed by atoms with Gasteiger partial charge in [0, 0.05) is 11.8 Å². The van der Waals surface area contributed by atoms with E-state index in [1.165, 1.54) is 12.1 Å². The fourth-order valence-electron chi connectivity index (χ4n) is 2.50. The molecule has 0 unspecified atom stereocenters. The summed E-state index contributed by atoms with van der Waals surface area (Å²) in [6, 6.07) is 18.0. The van der Waals surface area contributed by atoms with Gasteiger partial charge in [-0.3, -0.25) is 14.9 Å². The zero-order valence-electron chi connectivity index (χ0n) is 13.6.